The molecule has 0 amide bonds. The minimum Gasteiger partial charge on any atom is -0.0933 e. The number of aryl methyl sites for hydroxylation is 1. The van der Waals surface area contributed by atoms with Crippen molar-refractivity contribution in [1.29, 1.82) is 0 Å². The van der Waals surface area contributed by atoms with Gasteiger partial charge in [-0.25, -0.2) is 0 Å². The molecule has 0 N–H and O–H groups in total. The summed E-state index contributed by atoms with van der Waals surface area (Å²) in [5.41, 5.74) is 4.54. The Kier molecular flexibility index (Phi) is 4.06. The molecule has 0 unspecified atom stereocenters. The Bertz CT molecular complexity index is 342. The van der Waals surface area contributed by atoms with Crippen molar-refractivity contribution in [2.45, 2.75) is 38.5 Å². The van der Waals surface area contributed by atoms with Gasteiger partial charge in [-0.2, -0.15) is 0 Å². The third kappa shape index (κ3) is 2.89. The van der Waals surface area contributed by atoms with Crippen LogP contribution in [0.15, 0.2) is 35.9 Å². The molecule has 86 valence electrons. The minimum atomic E-state index is 0.708. The van der Waals surface area contributed by atoms with Crippen LogP contribution in [0.4, 0.5) is 0 Å². The van der Waals surface area contributed by atoms with Crippen LogP contribution in [0.3, 0.4) is 0 Å². The molecule has 0 bridgehead atoms. The van der Waals surface area contributed by atoms with E-state index in [2.05, 4.69) is 37.3 Å². The summed E-state index contributed by atoms with van der Waals surface area (Å²) in [4.78, 5) is 0. The van der Waals surface area contributed by atoms with Crippen molar-refractivity contribution in [3.63, 3.8) is 0 Å². The SMILES string of the molecule is Cc1ccc([C@H]2CC[C@H](/C=C/Cl)CC2)cc1. The fourth-order valence-corrected chi connectivity index (χ4v) is 2.79. The summed E-state index contributed by atoms with van der Waals surface area (Å²) in [6.45, 7) is 2.14. The van der Waals surface area contributed by atoms with E-state index in [0.717, 1.165) is 5.92 Å². The molecule has 2 rings (SSSR count). The molecule has 1 aliphatic carbocycles. The summed E-state index contributed by atoms with van der Waals surface area (Å²) in [6, 6.07) is 9.02. The molecule has 1 saturated carbocycles. The highest BCUT2D eigenvalue weighted by molar-refractivity contribution is 6.25. The number of hydrogen-bond donors (Lipinski definition) is 0. The first-order valence-corrected chi connectivity index (χ1v) is 6.56. The van der Waals surface area contributed by atoms with Gasteiger partial charge in [-0.1, -0.05) is 47.5 Å². The van der Waals surface area contributed by atoms with E-state index in [1.54, 1.807) is 5.54 Å². The maximum Gasteiger partial charge on any atom is 0.000525 e. The molecule has 1 aromatic rings. The van der Waals surface area contributed by atoms with Gasteiger partial charge in [0, 0.05) is 5.54 Å². The molecular formula is C15H19Cl. The Morgan fingerprint density at radius 1 is 1.06 bits per heavy atom. The van der Waals surface area contributed by atoms with Crippen LogP contribution in [0.1, 0.15) is 42.7 Å². The predicted octanol–water partition coefficient (Wildman–Crippen LogP) is 5.02. The highest BCUT2D eigenvalue weighted by Gasteiger charge is 2.20. The van der Waals surface area contributed by atoms with Gasteiger partial charge in [-0.05, 0) is 50.0 Å². The largest absolute Gasteiger partial charge is 0.0933 e. The first kappa shape index (κ1) is 11.7. The Labute approximate surface area is 103 Å². The molecule has 1 aliphatic rings. The van der Waals surface area contributed by atoms with Crippen LogP contribution in [0, 0.1) is 12.8 Å². The molecule has 1 heteroatoms. The van der Waals surface area contributed by atoms with E-state index in [9.17, 15) is 0 Å². The molecule has 0 atom stereocenters. The van der Waals surface area contributed by atoms with E-state index in [1.165, 1.54) is 36.8 Å². The average Bonchev–Trinajstić information content (AvgIpc) is 2.32. The molecule has 0 saturated heterocycles. The van der Waals surface area contributed by atoms with E-state index >= 15 is 0 Å². The molecule has 16 heavy (non-hydrogen) atoms. The quantitative estimate of drug-likeness (QED) is 0.674. The zero-order chi connectivity index (χ0) is 11.4. The van der Waals surface area contributed by atoms with Gasteiger partial charge in [0.25, 0.3) is 0 Å². The van der Waals surface area contributed by atoms with Crippen LogP contribution in [0.5, 0.6) is 0 Å². The van der Waals surface area contributed by atoms with Crippen LogP contribution >= 0.6 is 11.6 Å². The monoisotopic (exact) mass is 234 g/mol. The Morgan fingerprint density at radius 3 is 2.25 bits per heavy atom. The second-order valence-corrected chi connectivity index (χ2v) is 5.09. The van der Waals surface area contributed by atoms with Crippen molar-refractivity contribution in [3.05, 3.63) is 47.0 Å². The van der Waals surface area contributed by atoms with Crippen LogP contribution in [-0.2, 0) is 0 Å². The topological polar surface area (TPSA) is 0 Å². The van der Waals surface area contributed by atoms with Gasteiger partial charge in [-0.3, -0.25) is 0 Å². The zero-order valence-corrected chi connectivity index (χ0v) is 10.6. The van der Waals surface area contributed by atoms with Crippen LogP contribution < -0.4 is 0 Å². The third-order valence-electron chi connectivity index (χ3n) is 3.67. The highest BCUT2D eigenvalue weighted by Crippen LogP contribution is 2.36. The fourth-order valence-electron chi connectivity index (χ4n) is 2.59. The van der Waals surface area contributed by atoms with E-state index in [-0.39, 0.29) is 0 Å². The molecule has 0 radical (unpaired) electrons. The highest BCUT2D eigenvalue weighted by atomic mass is 35.5. The second kappa shape index (κ2) is 5.54. The molecule has 0 nitrogen and oxygen atoms in total. The summed E-state index contributed by atoms with van der Waals surface area (Å²) >= 11 is 5.63. The lowest BCUT2D eigenvalue weighted by Gasteiger charge is -2.27. The maximum atomic E-state index is 5.63. The smallest absolute Gasteiger partial charge is 0.000525 e. The lowest BCUT2D eigenvalue weighted by Crippen LogP contribution is -2.11. The lowest BCUT2D eigenvalue weighted by atomic mass is 9.79. The van der Waals surface area contributed by atoms with E-state index in [1.807, 2.05) is 0 Å². The van der Waals surface area contributed by atoms with Gasteiger partial charge in [-0.15, -0.1) is 0 Å². The van der Waals surface area contributed by atoms with Crippen molar-refractivity contribution < 1.29 is 0 Å². The van der Waals surface area contributed by atoms with Crippen molar-refractivity contribution in [3.8, 4) is 0 Å². The fraction of sp³-hybridized carbons (Fsp3) is 0.467. The Morgan fingerprint density at radius 2 is 1.69 bits per heavy atom. The number of hydrogen-bond acceptors (Lipinski definition) is 0. The van der Waals surface area contributed by atoms with Crippen LogP contribution in [0.25, 0.3) is 0 Å². The molecule has 0 aliphatic heterocycles. The summed E-state index contributed by atoms with van der Waals surface area (Å²) in [5.74, 6) is 1.47. The summed E-state index contributed by atoms with van der Waals surface area (Å²) in [5, 5.41) is 0. The first-order chi connectivity index (χ1) is 7.79. The van der Waals surface area contributed by atoms with Crippen molar-refractivity contribution in [1.82, 2.24) is 0 Å². The predicted molar refractivity (Wildman–Crippen MR) is 70.9 cm³/mol. The molecule has 0 spiro atoms. The van der Waals surface area contributed by atoms with E-state index in [0.29, 0.717) is 5.92 Å². The van der Waals surface area contributed by atoms with Gasteiger partial charge >= 0.3 is 0 Å². The molecular weight excluding hydrogens is 216 g/mol. The van der Waals surface area contributed by atoms with E-state index in [4.69, 9.17) is 11.6 Å². The zero-order valence-electron chi connectivity index (χ0n) is 9.83. The summed E-state index contributed by atoms with van der Waals surface area (Å²) in [7, 11) is 0. The second-order valence-electron chi connectivity index (χ2n) is 4.84. The van der Waals surface area contributed by atoms with Crippen molar-refractivity contribution in [2.75, 3.05) is 0 Å². The average molecular weight is 235 g/mol. The first-order valence-electron chi connectivity index (χ1n) is 6.13. The summed E-state index contributed by atoms with van der Waals surface area (Å²) in [6.07, 6.45) is 7.31. The number of halogens is 1. The maximum absolute atomic E-state index is 5.63. The summed E-state index contributed by atoms with van der Waals surface area (Å²) < 4.78 is 0. The number of rotatable bonds is 2. The van der Waals surface area contributed by atoms with Crippen LogP contribution in [0.2, 0.25) is 0 Å². The molecule has 0 aromatic heterocycles. The Hall–Kier alpha value is -0.750. The Balaban J connectivity index is 1.96. The van der Waals surface area contributed by atoms with E-state index < -0.39 is 0 Å². The van der Waals surface area contributed by atoms with Gasteiger partial charge < -0.3 is 0 Å². The molecule has 0 heterocycles. The number of benzene rings is 1. The van der Waals surface area contributed by atoms with Gasteiger partial charge in [0.05, 0.1) is 0 Å². The van der Waals surface area contributed by atoms with Crippen LogP contribution in [-0.4, -0.2) is 0 Å². The minimum absolute atomic E-state index is 0.708. The number of allylic oxidation sites excluding steroid dienone is 1. The van der Waals surface area contributed by atoms with Gasteiger partial charge in [0.15, 0.2) is 0 Å². The lowest BCUT2D eigenvalue weighted by molar-refractivity contribution is 0.376. The van der Waals surface area contributed by atoms with Gasteiger partial charge in [0.2, 0.25) is 0 Å². The van der Waals surface area contributed by atoms with Crippen molar-refractivity contribution in [2.24, 2.45) is 5.92 Å². The van der Waals surface area contributed by atoms with Gasteiger partial charge in [0.1, 0.15) is 0 Å². The standard InChI is InChI=1S/C15H19Cl/c1-12-2-6-14(7-3-12)15-8-4-13(5-9-15)10-11-16/h2-3,6-7,10-11,13,15H,4-5,8-9H2,1H3/b11-10+/t13-,15-. The normalized spacial score (nSPS) is 26.1. The molecule has 1 aromatic carbocycles. The van der Waals surface area contributed by atoms with Crippen molar-refractivity contribution >= 4 is 11.6 Å². The third-order valence-corrected chi connectivity index (χ3v) is 3.81. The molecule has 1 fully saturated rings.